The van der Waals surface area contributed by atoms with Gasteiger partial charge in [0.25, 0.3) is 0 Å². The van der Waals surface area contributed by atoms with E-state index in [4.69, 9.17) is 28.9 Å². The summed E-state index contributed by atoms with van der Waals surface area (Å²) in [5, 5.41) is 1.20. The number of benzene rings is 1. The van der Waals surface area contributed by atoms with Crippen LogP contribution in [-0.4, -0.2) is 4.98 Å². The van der Waals surface area contributed by atoms with Crippen LogP contribution in [-0.2, 0) is 5.75 Å². The fourth-order valence-corrected chi connectivity index (χ4v) is 2.62. The Morgan fingerprint density at radius 3 is 2.71 bits per heavy atom. The van der Waals surface area contributed by atoms with Gasteiger partial charge in [-0.05, 0) is 23.8 Å². The van der Waals surface area contributed by atoms with Crippen LogP contribution < -0.4 is 5.73 Å². The van der Waals surface area contributed by atoms with Gasteiger partial charge in [0.2, 0.25) is 0 Å². The van der Waals surface area contributed by atoms with Crippen molar-refractivity contribution in [2.24, 2.45) is 0 Å². The number of halogens is 2. The number of rotatable bonds is 3. The van der Waals surface area contributed by atoms with Crippen molar-refractivity contribution in [1.82, 2.24) is 4.98 Å². The van der Waals surface area contributed by atoms with E-state index in [2.05, 4.69) is 4.98 Å². The van der Waals surface area contributed by atoms with Gasteiger partial charge in [-0.25, -0.2) is 4.98 Å². The molecular weight excluding hydrogens is 275 g/mol. The van der Waals surface area contributed by atoms with Crippen molar-refractivity contribution in [3.63, 3.8) is 0 Å². The first kappa shape index (κ1) is 12.6. The lowest BCUT2D eigenvalue weighted by atomic mass is 10.2. The number of hydrogen-bond donors (Lipinski definition) is 1. The number of nitrogens with zero attached hydrogens (tertiary/aromatic N) is 1. The summed E-state index contributed by atoms with van der Waals surface area (Å²) >= 11 is 13.7. The second-order valence-corrected chi connectivity index (χ2v) is 5.25. The second kappa shape index (κ2) is 5.63. The maximum Gasteiger partial charge on any atom is 0.123 e. The predicted octanol–water partition coefficient (Wildman–Crippen LogP) is 4.26. The summed E-state index contributed by atoms with van der Waals surface area (Å²) in [6, 6.07) is 9.35. The highest BCUT2D eigenvalue weighted by molar-refractivity contribution is 7.98. The molecule has 0 saturated carbocycles. The van der Waals surface area contributed by atoms with Crippen LogP contribution in [0.4, 0.5) is 5.82 Å². The Bertz CT molecular complexity index is 514. The smallest absolute Gasteiger partial charge is 0.123 e. The van der Waals surface area contributed by atoms with Crippen molar-refractivity contribution in [3.05, 3.63) is 52.1 Å². The van der Waals surface area contributed by atoms with E-state index in [0.29, 0.717) is 15.9 Å². The Balaban J connectivity index is 2.07. The van der Waals surface area contributed by atoms with Gasteiger partial charge in [0, 0.05) is 16.8 Å². The zero-order valence-electron chi connectivity index (χ0n) is 8.86. The molecule has 0 bridgehead atoms. The average Bonchev–Trinajstić information content (AvgIpc) is 2.33. The Morgan fingerprint density at radius 2 is 2.00 bits per heavy atom. The molecule has 1 aromatic carbocycles. The zero-order valence-corrected chi connectivity index (χ0v) is 11.2. The van der Waals surface area contributed by atoms with Crippen LogP contribution in [0.15, 0.2) is 41.4 Å². The molecule has 88 valence electrons. The zero-order chi connectivity index (χ0) is 12.3. The molecule has 17 heavy (non-hydrogen) atoms. The number of hydrogen-bond acceptors (Lipinski definition) is 3. The largest absolute Gasteiger partial charge is 0.384 e. The Morgan fingerprint density at radius 1 is 1.18 bits per heavy atom. The summed E-state index contributed by atoms with van der Waals surface area (Å²) in [6.07, 6.45) is 1.75. The maximum atomic E-state index is 6.10. The lowest BCUT2D eigenvalue weighted by molar-refractivity contribution is 1.24. The lowest BCUT2D eigenvalue weighted by Crippen LogP contribution is -1.88. The minimum atomic E-state index is 0.523. The van der Waals surface area contributed by atoms with Gasteiger partial charge >= 0.3 is 0 Å². The van der Waals surface area contributed by atoms with Gasteiger partial charge in [-0.3, -0.25) is 0 Å². The van der Waals surface area contributed by atoms with Crippen molar-refractivity contribution in [3.8, 4) is 0 Å². The molecule has 1 aromatic heterocycles. The number of nitrogen functional groups attached to an aromatic ring is 1. The standard InChI is InChI=1S/C12H10Cl2N2S/c13-10-3-1-2-8(12(10)14)7-17-9-4-5-11(15)16-6-9/h1-6H,7H2,(H2,15,16). The van der Waals surface area contributed by atoms with Crippen LogP contribution >= 0.6 is 35.0 Å². The normalized spacial score (nSPS) is 10.5. The van der Waals surface area contributed by atoms with Gasteiger partial charge in [-0.2, -0.15) is 0 Å². The van der Waals surface area contributed by atoms with Crippen LogP contribution in [0.5, 0.6) is 0 Å². The molecule has 2 aromatic rings. The van der Waals surface area contributed by atoms with Crippen molar-refractivity contribution in [2.45, 2.75) is 10.6 Å². The Kier molecular flexibility index (Phi) is 4.15. The number of pyridine rings is 1. The van der Waals surface area contributed by atoms with E-state index in [-0.39, 0.29) is 0 Å². The third-order valence-corrected chi connectivity index (χ3v) is 4.07. The molecule has 0 unspecified atom stereocenters. The highest BCUT2D eigenvalue weighted by atomic mass is 35.5. The lowest BCUT2D eigenvalue weighted by Gasteiger charge is -2.05. The third-order valence-electron chi connectivity index (χ3n) is 2.19. The summed E-state index contributed by atoms with van der Waals surface area (Å²) in [5.41, 5.74) is 6.53. The first-order valence-electron chi connectivity index (χ1n) is 4.94. The van der Waals surface area contributed by atoms with Crippen molar-refractivity contribution in [1.29, 1.82) is 0 Å². The molecular formula is C12H10Cl2N2S. The monoisotopic (exact) mass is 284 g/mol. The molecule has 2 N–H and O–H groups in total. The molecule has 2 rings (SSSR count). The van der Waals surface area contributed by atoms with E-state index in [0.717, 1.165) is 16.2 Å². The molecule has 1 heterocycles. The third kappa shape index (κ3) is 3.28. The minimum absolute atomic E-state index is 0.523. The number of aromatic nitrogens is 1. The van der Waals surface area contributed by atoms with Crippen LogP contribution in [0, 0.1) is 0 Å². The topological polar surface area (TPSA) is 38.9 Å². The van der Waals surface area contributed by atoms with Gasteiger partial charge in [-0.15, -0.1) is 11.8 Å². The molecule has 0 aliphatic heterocycles. The van der Waals surface area contributed by atoms with Crippen LogP contribution in [0.1, 0.15) is 5.56 Å². The molecule has 0 fully saturated rings. The molecule has 0 radical (unpaired) electrons. The van der Waals surface area contributed by atoms with E-state index in [1.165, 1.54) is 0 Å². The SMILES string of the molecule is Nc1ccc(SCc2cccc(Cl)c2Cl)cn1. The Labute approximate surface area is 114 Å². The van der Waals surface area contributed by atoms with Gasteiger partial charge < -0.3 is 5.73 Å². The van der Waals surface area contributed by atoms with E-state index in [1.807, 2.05) is 18.2 Å². The van der Waals surface area contributed by atoms with E-state index >= 15 is 0 Å². The fourth-order valence-electron chi connectivity index (χ4n) is 1.30. The molecule has 0 aliphatic rings. The first-order chi connectivity index (χ1) is 8.16. The molecule has 0 atom stereocenters. The van der Waals surface area contributed by atoms with Gasteiger partial charge in [0.05, 0.1) is 10.0 Å². The summed E-state index contributed by atoms with van der Waals surface area (Å²) < 4.78 is 0. The fraction of sp³-hybridized carbons (Fsp3) is 0.0833. The summed E-state index contributed by atoms with van der Waals surface area (Å²) in [4.78, 5) is 5.08. The summed E-state index contributed by atoms with van der Waals surface area (Å²) in [6.45, 7) is 0. The quantitative estimate of drug-likeness (QED) is 0.856. The number of thioether (sulfide) groups is 1. The van der Waals surface area contributed by atoms with E-state index in [9.17, 15) is 0 Å². The molecule has 0 spiro atoms. The van der Waals surface area contributed by atoms with Gasteiger partial charge in [0.15, 0.2) is 0 Å². The highest BCUT2D eigenvalue weighted by Crippen LogP contribution is 2.30. The molecule has 2 nitrogen and oxygen atoms in total. The predicted molar refractivity (Wildman–Crippen MR) is 74.7 cm³/mol. The van der Waals surface area contributed by atoms with Gasteiger partial charge in [0.1, 0.15) is 5.82 Å². The molecule has 5 heteroatoms. The van der Waals surface area contributed by atoms with Crippen LogP contribution in [0.3, 0.4) is 0 Å². The van der Waals surface area contributed by atoms with Crippen molar-refractivity contribution in [2.75, 3.05) is 5.73 Å². The second-order valence-electron chi connectivity index (χ2n) is 3.42. The molecule has 0 aliphatic carbocycles. The summed E-state index contributed by atoms with van der Waals surface area (Å²) in [5.74, 6) is 1.28. The minimum Gasteiger partial charge on any atom is -0.384 e. The van der Waals surface area contributed by atoms with Crippen molar-refractivity contribution < 1.29 is 0 Å². The summed E-state index contributed by atoms with van der Waals surface area (Å²) in [7, 11) is 0. The maximum absolute atomic E-state index is 6.10. The molecule has 0 saturated heterocycles. The number of nitrogens with two attached hydrogens (primary N) is 1. The highest BCUT2D eigenvalue weighted by Gasteiger charge is 2.04. The first-order valence-corrected chi connectivity index (χ1v) is 6.68. The van der Waals surface area contributed by atoms with E-state index < -0.39 is 0 Å². The van der Waals surface area contributed by atoms with Crippen molar-refractivity contribution >= 4 is 40.8 Å². The van der Waals surface area contributed by atoms with E-state index in [1.54, 1.807) is 30.1 Å². The Hall–Kier alpha value is -0.900. The average molecular weight is 285 g/mol. The van der Waals surface area contributed by atoms with Gasteiger partial charge in [-0.1, -0.05) is 35.3 Å². The van der Waals surface area contributed by atoms with Crippen LogP contribution in [0.25, 0.3) is 0 Å². The number of anilines is 1. The molecule has 0 amide bonds. The van der Waals surface area contributed by atoms with Crippen LogP contribution in [0.2, 0.25) is 10.0 Å².